The van der Waals surface area contributed by atoms with Crippen LogP contribution >= 0.6 is 23.6 Å². The molecule has 0 radical (unpaired) electrons. The first kappa shape index (κ1) is 17.5. The number of carbonyl (C=O) groups is 1. The lowest BCUT2D eigenvalue weighted by atomic mass is 10.2. The van der Waals surface area contributed by atoms with Crippen LogP contribution in [-0.2, 0) is 11.2 Å². The van der Waals surface area contributed by atoms with Gasteiger partial charge in [0.1, 0.15) is 18.2 Å². The Bertz CT molecular complexity index is 804. The molecule has 0 atom stereocenters. The average molecular weight is 378 g/mol. The van der Waals surface area contributed by atoms with Crippen molar-refractivity contribution in [2.75, 3.05) is 31.0 Å². The molecule has 132 valence electrons. The van der Waals surface area contributed by atoms with E-state index < -0.39 is 0 Å². The third-order valence-corrected chi connectivity index (χ3v) is 4.96. The quantitative estimate of drug-likeness (QED) is 0.621. The number of esters is 1. The van der Waals surface area contributed by atoms with Gasteiger partial charge in [0.25, 0.3) is 0 Å². The Morgan fingerprint density at radius 3 is 2.72 bits per heavy atom. The maximum atomic E-state index is 11.9. The van der Waals surface area contributed by atoms with Gasteiger partial charge in [0, 0.05) is 16.6 Å². The molecule has 8 heteroatoms. The minimum absolute atomic E-state index is 0.381. The second kappa shape index (κ2) is 7.71. The summed E-state index contributed by atoms with van der Waals surface area (Å²) in [5.74, 6) is 1.01. The van der Waals surface area contributed by atoms with Crippen LogP contribution in [0.15, 0.2) is 24.3 Å². The van der Waals surface area contributed by atoms with Gasteiger partial charge in [0.05, 0.1) is 12.7 Å². The van der Waals surface area contributed by atoms with Gasteiger partial charge in [-0.15, -0.1) is 11.3 Å². The molecule has 0 unspecified atom stereocenters. The molecule has 3 rings (SSSR count). The van der Waals surface area contributed by atoms with Crippen LogP contribution in [-0.4, -0.2) is 31.4 Å². The number of hydrogen-bond acceptors (Lipinski definition) is 6. The van der Waals surface area contributed by atoms with Gasteiger partial charge in [0.2, 0.25) is 0 Å². The summed E-state index contributed by atoms with van der Waals surface area (Å²) in [7, 11) is 1.36. The number of hydrogen-bond donors (Lipinski definition) is 2. The molecule has 0 fully saturated rings. The third kappa shape index (κ3) is 4.02. The predicted molar refractivity (Wildman–Crippen MR) is 102 cm³/mol. The van der Waals surface area contributed by atoms with Crippen LogP contribution in [0, 0.1) is 0 Å². The number of anilines is 2. The lowest BCUT2D eigenvalue weighted by Crippen LogP contribution is -2.20. The fourth-order valence-electron chi connectivity index (χ4n) is 2.36. The molecule has 1 aliphatic heterocycles. The van der Waals surface area contributed by atoms with Crippen LogP contribution < -0.4 is 20.1 Å². The first-order valence-electron chi connectivity index (χ1n) is 7.79. The van der Waals surface area contributed by atoms with E-state index >= 15 is 0 Å². The maximum Gasteiger partial charge on any atom is 0.340 e. The fourth-order valence-corrected chi connectivity index (χ4v) is 3.63. The molecule has 6 nitrogen and oxygen atoms in total. The number of carbonyl (C=O) groups excluding carboxylic acids is 1. The Labute approximate surface area is 155 Å². The molecular formula is C17H18N2O4S2. The van der Waals surface area contributed by atoms with Crippen molar-refractivity contribution in [1.29, 1.82) is 0 Å². The van der Waals surface area contributed by atoms with Crippen molar-refractivity contribution < 1.29 is 19.0 Å². The molecule has 0 saturated carbocycles. The van der Waals surface area contributed by atoms with E-state index in [1.54, 1.807) is 0 Å². The fraction of sp³-hybridized carbons (Fsp3) is 0.294. The number of rotatable bonds is 4. The van der Waals surface area contributed by atoms with Crippen LogP contribution in [0.1, 0.15) is 22.2 Å². The van der Waals surface area contributed by atoms with E-state index in [-0.39, 0.29) is 5.97 Å². The highest BCUT2D eigenvalue weighted by Crippen LogP contribution is 2.33. The van der Waals surface area contributed by atoms with Gasteiger partial charge in [-0.1, -0.05) is 6.92 Å². The average Bonchev–Trinajstić information content (AvgIpc) is 3.03. The largest absolute Gasteiger partial charge is 0.486 e. The van der Waals surface area contributed by atoms with E-state index in [0.717, 1.165) is 22.7 Å². The number of methoxy groups -OCH3 is 1. The standard InChI is InChI=1S/C17H18N2O4S2/c1-3-11-9-12(16(20)21-2)15(25-11)19-17(24)18-10-4-5-13-14(8-10)23-7-6-22-13/h4-5,8-9H,3,6-7H2,1-2H3,(H2,18,19,24). The Hall–Kier alpha value is -2.32. The number of benzene rings is 1. The number of nitrogens with one attached hydrogen (secondary N) is 2. The molecule has 1 aliphatic rings. The monoisotopic (exact) mass is 378 g/mol. The molecule has 0 bridgehead atoms. The first-order chi connectivity index (χ1) is 12.1. The Kier molecular flexibility index (Phi) is 5.40. The molecule has 25 heavy (non-hydrogen) atoms. The van der Waals surface area contributed by atoms with E-state index in [9.17, 15) is 4.79 Å². The van der Waals surface area contributed by atoms with E-state index in [1.807, 2.05) is 31.2 Å². The topological polar surface area (TPSA) is 68.8 Å². The second-order valence-corrected chi connectivity index (χ2v) is 6.78. The van der Waals surface area contributed by atoms with Crippen molar-refractivity contribution in [1.82, 2.24) is 0 Å². The van der Waals surface area contributed by atoms with Crippen molar-refractivity contribution in [3.63, 3.8) is 0 Å². The van der Waals surface area contributed by atoms with Crippen molar-refractivity contribution in [3.05, 3.63) is 34.7 Å². The Morgan fingerprint density at radius 2 is 2.00 bits per heavy atom. The summed E-state index contributed by atoms with van der Waals surface area (Å²) in [4.78, 5) is 13.0. The Balaban J connectivity index is 1.72. The molecule has 0 saturated heterocycles. The van der Waals surface area contributed by atoms with Gasteiger partial charge in [-0.3, -0.25) is 0 Å². The van der Waals surface area contributed by atoms with Gasteiger partial charge >= 0.3 is 5.97 Å². The number of fused-ring (bicyclic) bond motifs is 1. The second-order valence-electron chi connectivity index (χ2n) is 5.24. The molecule has 0 amide bonds. The molecule has 2 aromatic rings. The number of thiophene rings is 1. The molecule has 1 aromatic heterocycles. The predicted octanol–water partition coefficient (Wildman–Crippen LogP) is 3.68. The van der Waals surface area contributed by atoms with E-state index in [1.165, 1.54) is 18.4 Å². The van der Waals surface area contributed by atoms with E-state index in [2.05, 4.69) is 10.6 Å². The summed E-state index contributed by atoms with van der Waals surface area (Å²) in [5.41, 5.74) is 1.25. The molecular weight excluding hydrogens is 360 g/mol. The van der Waals surface area contributed by atoms with Crippen LogP contribution in [0.5, 0.6) is 11.5 Å². The summed E-state index contributed by atoms with van der Waals surface area (Å²) < 4.78 is 15.9. The highest BCUT2D eigenvalue weighted by atomic mass is 32.1. The molecule has 2 N–H and O–H groups in total. The number of aryl methyl sites for hydroxylation is 1. The van der Waals surface area contributed by atoms with Crippen molar-refractivity contribution >= 4 is 45.3 Å². The zero-order valence-electron chi connectivity index (χ0n) is 13.9. The highest BCUT2D eigenvalue weighted by molar-refractivity contribution is 7.80. The lowest BCUT2D eigenvalue weighted by Gasteiger charge is -2.19. The van der Waals surface area contributed by atoms with Crippen LogP contribution in [0.4, 0.5) is 10.7 Å². The summed E-state index contributed by atoms with van der Waals surface area (Å²) in [5, 5.41) is 7.21. The van der Waals surface area contributed by atoms with Crippen LogP contribution in [0.25, 0.3) is 0 Å². The minimum atomic E-state index is -0.388. The molecule has 0 aliphatic carbocycles. The third-order valence-electron chi connectivity index (χ3n) is 3.56. The number of thiocarbonyl (C=S) groups is 1. The summed E-state index contributed by atoms with van der Waals surface area (Å²) in [6.45, 7) is 3.10. The van der Waals surface area contributed by atoms with Gasteiger partial charge in [-0.25, -0.2) is 4.79 Å². The summed E-state index contributed by atoms with van der Waals surface area (Å²) >= 11 is 6.84. The summed E-state index contributed by atoms with van der Waals surface area (Å²) in [6.07, 6.45) is 0.832. The molecule has 1 aromatic carbocycles. The zero-order chi connectivity index (χ0) is 17.8. The normalized spacial score (nSPS) is 12.4. The zero-order valence-corrected chi connectivity index (χ0v) is 15.5. The number of ether oxygens (including phenoxy) is 3. The lowest BCUT2D eigenvalue weighted by molar-refractivity contribution is 0.0602. The van der Waals surface area contributed by atoms with Crippen LogP contribution in [0.2, 0.25) is 0 Å². The smallest absolute Gasteiger partial charge is 0.340 e. The maximum absolute atomic E-state index is 11.9. The summed E-state index contributed by atoms with van der Waals surface area (Å²) in [6, 6.07) is 7.34. The molecule has 0 spiro atoms. The molecule has 2 heterocycles. The highest BCUT2D eigenvalue weighted by Gasteiger charge is 2.17. The first-order valence-corrected chi connectivity index (χ1v) is 9.02. The van der Waals surface area contributed by atoms with Gasteiger partial charge < -0.3 is 24.8 Å². The SMILES string of the molecule is CCc1cc(C(=O)OC)c(NC(=S)Nc2ccc3c(c2)OCCO3)s1. The van der Waals surface area contributed by atoms with Gasteiger partial charge in [-0.05, 0) is 36.8 Å². The van der Waals surface area contributed by atoms with Gasteiger partial charge in [-0.2, -0.15) is 0 Å². The minimum Gasteiger partial charge on any atom is -0.486 e. The van der Waals surface area contributed by atoms with E-state index in [0.29, 0.717) is 34.6 Å². The van der Waals surface area contributed by atoms with Crippen molar-refractivity contribution in [2.45, 2.75) is 13.3 Å². The van der Waals surface area contributed by atoms with E-state index in [4.69, 9.17) is 26.4 Å². The Morgan fingerprint density at radius 1 is 1.24 bits per heavy atom. The van der Waals surface area contributed by atoms with Crippen LogP contribution in [0.3, 0.4) is 0 Å². The van der Waals surface area contributed by atoms with Gasteiger partial charge in [0.15, 0.2) is 16.6 Å². The van der Waals surface area contributed by atoms with Crippen molar-refractivity contribution in [3.8, 4) is 11.5 Å². The van der Waals surface area contributed by atoms with Crippen molar-refractivity contribution in [2.24, 2.45) is 0 Å².